The van der Waals surface area contributed by atoms with E-state index in [1.807, 2.05) is 51.2 Å². The van der Waals surface area contributed by atoms with Gasteiger partial charge in [0.25, 0.3) is 0 Å². The van der Waals surface area contributed by atoms with E-state index in [9.17, 15) is 5.26 Å². The Balaban J connectivity index is 2.27. The van der Waals surface area contributed by atoms with Crippen molar-refractivity contribution in [1.82, 2.24) is 14.8 Å². The van der Waals surface area contributed by atoms with Crippen molar-refractivity contribution in [1.29, 1.82) is 5.26 Å². The molecule has 0 bridgehead atoms. The van der Waals surface area contributed by atoms with Gasteiger partial charge in [-0.15, -0.1) is 0 Å². The molecule has 0 unspecified atom stereocenters. The molecule has 0 radical (unpaired) electrons. The van der Waals surface area contributed by atoms with E-state index < -0.39 is 0 Å². The molecule has 0 aliphatic rings. The van der Waals surface area contributed by atoms with E-state index in [0.717, 1.165) is 33.6 Å². The highest BCUT2D eigenvalue weighted by Gasteiger charge is 2.16. The minimum atomic E-state index is 0.241. The molecule has 0 saturated heterocycles. The standard InChI is InChI=1S/C18H17N5/c1-11-5-4-6-13(7-11)17-8-14(15(9-19)18(20)22-17)16-10-21-23(3)12(16)2/h4-8,10H,1-3H3,(H2,20,22). The lowest BCUT2D eigenvalue weighted by Gasteiger charge is -2.10. The van der Waals surface area contributed by atoms with Crippen LogP contribution in [0.25, 0.3) is 22.4 Å². The average molecular weight is 303 g/mol. The largest absolute Gasteiger partial charge is 0.383 e. The number of anilines is 1. The zero-order chi connectivity index (χ0) is 16.6. The van der Waals surface area contributed by atoms with Crippen molar-refractivity contribution in [2.75, 3.05) is 5.73 Å². The Morgan fingerprint density at radius 1 is 1.17 bits per heavy atom. The Hall–Kier alpha value is -3.13. The maximum atomic E-state index is 9.47. The molecule has 2 heterocycles. The summed E-state index contributed by atoms with van der Waals surface area (Å²) in [5.74, 6) is 0.241. The number of aryl methyl sites for hydroxylation is 2. The van der Waals surface area contributed by atoms with Crippen molar-refractivity contribution < 1.29 is 0 Å². The third kappa shape index (κ3) is 2.55. The number of benzene rings is 1. The second kappa shape index (κ2) is 5.58. The molecule has 3 rings (SSSR count). The van der Waals surface area contributed by atoms with Crippen LogP contribution in [-0.2, 0) is 7.05 Å². The lowest BCUT2D eigenvalue weighted by Crippen LogP contribution is -2.00. The summed E-state index contributed by atoms with van der Waals surface area (Å²) >= 11 is 0. The molecule has 0 atom stereocenters. The fraction of sp³-hybridized carbons (Fsp3) is 0.167. The van der Waals surface area contributed by atoms with Crippen LogP contribution in [0.15, 0.2) is 36.5 Å². The zero-order valence-electron chi connectivity index (χ0n) is 13.3. The van der Waals surface area contributed by atoms with Crippen molar-refractivity contribution in [2.45, 2.75) is 13.8 Å². The van der Waals surface area contributed by atoms with Gasteiger partial charge < -0.3 is 5.73 Å². The van der Waals surface area contributed by atoms with Crippen molar-refractivity contribution in [3.05, 3.63) is 53.3 Å². The summed E-state index contributed by atoms with van der Waals surface area (Å²) < 4.78 is 1.78. The van der Waals surface area contributed by atoms with Crippen molar-refractivity contribution in [3.63, 3.8) is 0 Å². The Morgan fingerprint density at radius 2 is 1.96 bits per heavy atom. The predicted octanol–water partition coefficient (Wildman–Crippen LogP) is 3.22. The first-order valence-corrected chi connectivity index (χ1v) is 7.28. The van der Waals surface area contributed by atoms with Gasteiger partial charge in [0.2, 0.25) is 0 Å². The number of nitrogens with two attached hydrogens (primary N) is 1. The first kappa shape index (κ1) is 14.8. The Labute approximate surface area is 135 Å². The van der Waals surface area contributed by atoms with Crippen LogP contribution in [-0.4, -0.2) is 14.8 Å². The van der Waals surface area contributed by atoms with Crippen LogP contribution in [0, 0.1) is 25.2 Å². The number of nitrogens with zero attached hydrogens (tertiary/aromatic N) is 4. The van der Waals surface area contributed by atoms with Crippen LogP contribution >= 0.6 is 0 Å². The molecule has 2 aromatic heterocycles. The third-order valence-electron chi connectivity index (χ3n) is 4.00. The zero-order valence-corrected chi connectivity index (χ0v) is 13.3. The molecule has 114 valence electrons. The molecule has 1 aromatic carbocycles. The van der Waals surface area contributed by atoms with Crippen molar-refractivity contribution in [3.8, 4) is 28.5 Å². The van der Waals surface area contributed by atoms with E-state index in [1.54, 1.807) is 10.9 Å². The molecule has 0 amide bonds. The fourth-order valence-electron chi connectivity index (χ4n) is 2.61. The third-order valence-corrected chi connectivity index (χ3v) is 4.00. The topological polar surface area (TPSA) is 80.5 Å². The fourth-order valence-corrected chi connectivity index (χ4v) is 2.61. The van der Waals surface area contributed by atoms with E-state index in [2.05, 4.69) is 16.2 Å². The molecule has 0 spiro atoms. The van der Waals surface area contributed by atoms with E-state index in [0.29, 0.717) is 5.56 Å². The van der Waals surface area contributed by atoms with Crippen molar-refractivity contribution in [2.24, 2.45) is 7.05 Å². The highest BCUT2D eigenvalue weighted by molar-refractivity contribution is 5.80. The number of nitrogen functional groups attached to an aromatic ring is 1. The highest BCUT2D eigenvalue weighted by atomic mass is 15.3. The van der Waals surface area contributed by atoms with Crippen LogP contribution < -0.4 is 5.73 Å². The summed E-state index contributed by atoms with van der Waals surface area (Å²) in [5, 5.41) is 13.7. The molecular weight excluding hydrogens is 286 g/mol. The first-order valence-electron chi connectivity index (χ1n) is 7.28. The molecule has 2 N–H and O–H groups in total. The molecule has 3 aromatic rings. The van der Waals surface area contributed by atoms with Crippen LogP contribution in [0.1, 0.15) is 16.8 Å². The van der Waals surface area contributed by atoms with Crippen LogP contribution in [0.4, 0.5) is 5.82 Å². The van der Waals surface area contributed by atoms with Gasteiger partial charge in [-0.3, -0.25) is 4.68 Å². The number of pyridine rings is 1. The molecule has 0 aliphatic carbocycles. The summed E-state index contributed by atoms with van der Waals surface area (Å²) in [6, 6.07) is 12.1. The SMILES string of the molecule is Cc1cccc(-c2cc(-c3cnn(C)c3C)c(C#N)c(N)n2)c1. The Kier molecular flexibility index (Phi) is 3.59. The molecule has 23 heavy (non-hydrogen) atoms. The summed E-state index contributed by atoms with van der Waals surface area (Å²) in [6.07, 6.45) is 1.75. The molecule has 0 fully saturated rings. The van der Waals surface area contributed by atoms with Gasteiger partial charge in [0.15, 0.2) is 0 Å². The van der Waals surface area contributed by atoms with Gasteiger partial charge in [-0.2, -0.15) is 10.4 Å². The molecule has 5 nitrogen and oxygen atoms in total. The smallest absolute Gasteiger partial charge is 0.142 e. The minimum absolute atomic E-state index is 0.241. The maximum absolute atomic E-state index is 9.47. The van der Waals surface area contributed by atoms with E-state index >= 15 is 0 Å². The van der Waals surface area contributed by atoms with Crippen LogP contribution in [0.2, 0.25) is 0 Å². The minimum Gasteiger partial charge on any atom is -0.383 e. The molecule has 5 heteroatoms. The predicted molar refractivity (Wildman–Crippen MR) is 90.5 cm³/mol. The van der Waals surface area contributed by atoms with E-state index in [1.165, 1.54) is 0 Å². The summed E-state index contributed by atoms with van der Waals surface area (Å²) in [5.41, 5.74) is 11.9. The number of hydrogen-bond donors (Lipinski definition) is 1. The molecule has 0 saturated carbocycles. The molecular formula is C18H17N5. The lowest BCUT2D eigenvalue weighted by atomic mass is 9.98. The summed E-state index contributed by atoms with van der Waals surface area (Å²) in [7, 11) is 1.87. The number of rotatable bonds is 2. The van der Waals surface area contributed by atoms with Gasteiger partial charge in [-0.05, 0) is 26.0 Å². The van der Waals surface area contributed by atoms with Crippen LogP contribution in [0.5, 0.6) is 0 Å². The van der Waals surface area contributed by atoms with Gasteiger partial charge in [-0.25, -0.2) is 4.98 Å². The summed E-state index contributed by atoms with van der Waals surface area (Å²) in [4.78, 5) is 4.41. The van der Waals surface area contributed by atoms with E-state index in [4.69, 9.17) is 5.73 Å². The van der Waals surface area contributed by atoms with Crippen LogP contribution in [0.3, 0.4) is 0 Å². The maximum Gasteiger partial charge on any atom is 0.142 e. The first-order chi connectivity index (χ1) is 11.0. The Morgan fingerprint density at radius 3 is 2.57 bits per heavy atom. The highest BCUT2D eigenvalue weighted by Crippen LogP contribution is 2.32. The number of aromatic nitrogens is 3. The normalized spacial score (nSPS) is 10.5. The van der Waals surface area contributed by atoms with Gasteiger partial charge in [0.05, 0.1) is 11.9 Å². The van der Waals surface area contributed by atoms with Crippen molar-refractivity contribution >= 4 is 5.82 Å². The summed E-state index contributed by atoms with van der Waals surface area (Å²) in [6.45, 7) is 4.00. The van der Waals surface area contributed by atoms with Gasteiger partial charge in [-0.1, -0.05) is 23.8 Å². The lowest BCUT2D eigenvalue weighted by molar-refractivity contribution is 0.740. The monoisotopic (exact) mass is 303 g/mol. The second-order valence-electron chi connectivity index (χ2n) is 5.56. The molecule has 0 aliphatic heterocycles. The Bertz CT molecular complexity index is 931. The average Bonchev–Trinajstić information content (AvgIpc) is 2.86. The van der Waals surface area contributed by atoms with Gasteiger partial charge in [0, 0.05) is 29.4 Å². The quantitative estimate of drug-likeness (QED) is 0.788. The second-order valence-corrected chi connectivity index (χ2v) is 5.56. The van der Waals surface area contributed by atoms with E-state index in [-0.39, 0.29) is 5.82 Å². The van der Waals surface area contributed by atoms with Gasteiger partial charge >= 0.3 is 0 Å². The number of hydrogen-bond acceptors (Lipinski definition) is 4. The number of nitriles is 1. The van der Waals surface area contributed by atoms with Gasteiger partial charge in [0.1, 0.15) is 17.5 Å².